The average Bonchev–Trinajstić information content (AvgIpc) is 2.97. The Hall–Kier alpha value is -1.45. The van der Waals surface area contributed by atoms with E-state index in [2.05, 4.69) is 9.97 Å². The molecule has 0 saturated heterocycles. The molecule has 0 amide bonds. The van der Waals surface area contributed by atoms with E-state index in [9.17, 15) is 9.90 Å². The van der Waals surface area contributed by atoms with Gasteiger partial charge in [-0.15, -0.1) is 0 Å². The number of carbonyl (C=O) groups is 1. The predicted molar refractivity (Wildman–Crippen MR) is 66.5 cm³/mol. The predicted octanol–water partition coefficient (Wildman–Crippen LogP) is 2.56. The number of hydrogen-bond donors (Lipinski definition) is 1. The first-order chi connectivity index (χ1) is 8.62. The van der Waals surface area contributed by atoms with Gasteiger partial charge in [0.15, 0.2) is 0 Å². The van der Waals surface area contributed by atoms with E-state index in [4.69, 9.17) is 0 Å². The van der Waals surface area contributed by atoms with E-state index < -0.39 is 11.4 Å². The van der Waals surface area contributed by atoms with Gasteiger partial charge < -0.3 is 5.11 Å². The molecule has 2 aliphatic rings. The van der Waals surface area contributed by atoms with Crippen molar-refractivity contribution in [2.75, 3.05) is 0 Å². The Bertz CT molecular complexity index is 489. The Labute approximate surface area is 106 Å². The van der Waals surface area contributed by atoms with Crippen molar-refractivity contribution in [3.8, 4) is 0 Å². The minimum absolute atomic E-state index is 0.509. The summed E-state index contributed by atoms with van der Waals surface area (Å²) < 4.78 is 0. The van der Waals surface area contributed by atoms with Crippen LogP contribution in [0.25, 0.3) is 0 Å². The molecule has 0 radical (unpaired) electrons. The summed E-state index contributed by atoms with van der Waals surface area (Å²) in [5, 5.41) is 9.32. The molecule has 3 rings (SSSR count). The van der Waals surface area contributed by atoms with Crippen LogP contribution in [0.2, 0.25) is 0 Å². The van der Waals surface area contributed by atoms with Gasteiger partial charge in [-0.05, 0) is 38.7 Å². The minimum atomic E-state index is -0.778. The third-order valence-electron chi connectivity index (χ3n) is 4.23. The lowest BCUT2D eigenvalue weighted by atomic mass is 10.0. The molecule has 1 heterocycles. The lowest BCUT2D eigenvalue weighted by Gasteiger charge is -2.14. The van der Waals surface area contributed by atoms with E-state index in [1.165, 1.54) is 25.7 Å². The third kappa shape index (κ3) is 1.80. The van der Waals surface area contributed by atoms with Crippen LogP contribution in [-0.2, 0) is 10.2 Å². The van der Waals surface area contributed by atoms with Gasteiger partial charge in [0.1, 0.15) is 11.2 Å². The van der Waals surface area contributed by atoms with E-state index in [1.807, 2.05) is 13.0 Å². The second kappa shape index (κ2) is 4.04. The first kappa shape index (κ1) is 11.6. The summed E-state index contributed by atoms with van der Waals surface area (Å²) in [5.74, 6) is 0.275. The molecule has 0 bridgehead atoms. The smallest absolute Gasteiger partial charge is 0.317 e. The number of rotatable bonds is 3. The van der Waals surface area contributed by atoms with E-state index in [0.29, 0.717) is 24.6 Å². The SMILES string of the molecule is Cc1cc(C2CCCC2)nc(C2(C(=O)O)CC2)n1. The highest BCUT2D eigenvalue weighted by Gasteiger charge is 2.54. The quantitative estimate of drug-likeness (QED) is 0.890. The molecule has 2 saturated carbocycles. The van der Waals surface area contributed by atoms with Gasteiger partial charge in [0.05, 0.1) is 0 Å². The molecule has 4 heteroatoms. The van der Waals surface area contributed by atoms with E-state index in [-0.39, 0.29) is 0 Å². The van der Waals surface area contributed by atoms with E-state index >= 15 is 0 Å². The van der Waals surface area contributed by atoms with Crippen LogP contribution in [0.3, 0.4) is 0 Å². The molecular weight excluding hydrogens is 228 g/mol. The molecule has 2 fully saturated rings. The minimum Gasteiger partial charge on any atom is -0.480 e. The maximum Gasteiger partial charge on any atom is 0.317 e. The lowest BCUT2D eigenvalue weighted by Crippen LogP contribution is -2.23. The number of nitrogens with zero attached hydrogens (tertiary/aromatic N) is 2. The Morgan fingerprint density at radius 1 is 1.33 bits per heavy atom. The fourth-order valence-corrected chi connectivity index (χ4v) is 2.90. The molecule has 1 N–H and O–H groups in total. The number of hydrogen-bond acceptors (Lipinski definition) is 3. The van der Waals surface area contributed by atoms with Crippen LogP contribution in [0.15, 0.2) is 6.07 Å². The van der Waals surface area contributed by atoms with E-state index in [0.717, 1.165) is 11.4 Å². The van der Waals surface area contributed by atoms with Crippen molar-refractivity contribution >= 4 is 5.97 Å². The standard InChI is InChI=1S/C14H18N2O2/c1-9-8-11(10-4-2-3-5-10)16-12(15-9)14(6-7-14)13(17)18/h8,10H,2-7H2,1H3,(H,17,18). The molecule has 0 aliphatic heterocycles. The van der Waals surface area contributed by atoms with Crippen molar-refractivity contribution in [2.24, 2.45) is 0 Å². The number of carboxylic acid groups (broad SMARTS) is 1. The highest BCUT2D eigenvalue weighted by Crippen LogP contribution is 2.47. The van der Waals surface area contributed by atoms with Crippen molar-refractivity contribution in [1.29, 1.82) is 0 Å². The summed E-state index contributed by atoms with van der Waals surface area (Å²) in [7, 11) is 0. The summed E-state index contributed by atoms with van der Waals surface area (Å²) >= 11 is 0. The summed E-state index contributed by atoms with van der Waals surface area (Å²) in [5.41, 5.74) is 1.18. The molecule has 1 aromatic rings. The molecule has 0 aromatic carbocycles. The maximum atomic E-state index is 11.3. The molecule has 2 aliphatic carbocycles. The van der Waals surface area contributed by atoms with Crippen LogP contribution in [0.4, 0.5) is 0 Å². The van der Waals surface area contributed by atoms with Gasteiger partial charge in [0.25, 0.3) is 0 Å². The Morgan fingerprint density at radius 2 is 2.00 bits per heavy atom. The van der Waals surface area contributed by atoms with Crippen molar-refractivity contribution in [3.63, 3.8) is 0 Å². The van der Waals surface area contributed by atoms with Crippen molar-refractivity contribution in [2.45, 2.75) is 56.8 Å². The fraction of sp³-hybridized carbons (Fsp3) is 0.643. The summed E-state index contributed by atoms with van der Waals surface area (Å²) in [6, 6.07) is 2.03. The average molecular weight is 246 g/mol. The second-order valence-corrected chi connectivity index (χ2v) is 5.63. The molecule has 96 valence electrons. The number of aryl methyl sites for hydroxylation is 1. The van der Waals surface area contributed by atoms with Crippen LogP contribution < -0.4 is 0 Å². The van der Waals surface area contributed by atoms with Gasteiger partial charge in [-0.1, -0.05) is 12.8 Å². The Morgan fingerprint density at radius 3 is 2.56 bits per heavy atom. The Kier molecular flexibility index (Phi) is 2.61. The zero-order valence-electron chi connectivity index (χ0n) is 10.6. The summed E-state index contributed by atoms with van der Waals surface area (Å²) in [4.78, 5) is 20.3. The number of aromatic nitrogens is 2. The molecule has 1 aromatic heterocycles. The monoisotopic (exact) mass is 246 g/mol. The normalized spacial score (nSPS) is 22.1. The first-order valence-corrected chi connectivity index (χ1v) is 6.71. The second-order valence-electron chi connectivity index (χ2n) is 5.63. The highest BCUT2D eigenvalue weighted by molar-refractivity contribution is 5.83. The van der Waals surface area contributed by atoms with Crippen LogP contribution >= 0.6 is 0 Å². The van der Waals surface area contributed by atoms with Crippen LogP contribution in [-0.4, -0.2) is 21.0 Å². The summed E-state index contributed by atoms with van der Waals surface area (Å²) in [6.07, 6.45) is 6.22. The largest absolute Gasteiger partial charge is 0.480 e. The first-order valence-electron chi connectivity index (χ1n) is 6.71. The lowest BCUT2D eigenvalue weighted by molar-refractivity contribution is -0.140. The fourth-order valence-electron chi connectivity index (χ4n) is 2.90. The topological polar surface area (TPSA) is 63.1 Å². The third-order valence-corrected chi connectivity index (χ3v) is 4.23. The van der Waals surface area contributed by atoms with Crippen LogP contribution in [0.5, 0.6) is 0 Å². The van der Waals surface area contributed by atoms with Crippen molar-refractivity contribution < 1.29 is 9.90 Å². The summed E-state index contributed by atoms with van der Waals surface area (Å²) in [6.45, 7) is 1.93. The maximum absolute atomic E-state index is 11.3. The highest BCUT2D eigenvalue weighted by atomic mass is 16.4. The van der Waals surface area contributed by atoms with Gasteiger partial charge in [-0.2, -0.15) is 0 Å². The molecule has 0 spiro atoms. The van der Waals surface area contributed by atoms with Gasteiger partial charge in [0.2, 0.25) is 0 Å². The van der Waals surface area contributed by atoms with Crippen molar-refractivity contribution in [1.82, 2.24) is 9.97 Å². The molecule has 0 unspecified atom stereocenters. The number of carboxylic acids is 1. The molecule has 0 atom stereocenters. The molecule has 18 heavy (non-hydrogen) atoms. The van der Waals surface area contributed by atoms with Crippen molar-refractivity contribution in [3.05, 3.63) is 23.3 Å². The molecular formula is C14H18N2O2. The molecule has 4 nitrogen and oxygen atoms in total. The Balaban J connectivity index is 1.98. The van der Waals surface area contributed by atoms with Gasteiger partial charge in [-0.25, -0.2) is 9.97 Å². The van der Waals surface area contributed by atoms with Gasteiger partial charge in [-0.3, -0.25) is 4.79 Å². The van der Waals surface area contributed by atoms with Gasteiger partial charge in [0, 0.05) is 17.3 Å². The zero-order valence-corrected chi connectivity index (χ0v) is 10.6. The van der Waals surface area contributed by atoms with E-state index in [1.54, 1.807) is 0 Å². The zero-order chi connectivity index (χ0) is 12.8. The van der Waals surface area contributed by atoms with Crippen LogP contribution in [0.1, 0.15) is 61.7 Å². The van der Waals surface area contributed by atoms with Crippen LogP contribution in [0, 0.1) is 6.92 Å². The van der Waals surface area contributed by atoms with Gasteiger partial charge >= 0.3 is 5.97 Å². The number of aliphatic carboxylic acids is 1.